The first-order valence-electron chi connectivity index (χ1n) is 7.81. The molecule has 0 aliphatic heterocycles. The van der Waals surface area contributed by atoms with Crippen molar-refractivity contribution in [3.8, 4) is 0 Å². The summed E-state index contributed by atoms with van der Waals surface area (Å²) < 4.78 is 37.3. The fourth-order valence-corrected chi connectivity index (χ4v) is 3.28. The van der Waals surface area contributed by atoms with Crippen molar-refractivity contribution in [1.29, 1.82) is 0 Å². The van der Waals surface area contributed by atoms with Gasteiger partial charge in [0.1, 0.15) is 11.6 Å². The van der Waals surface area contributed by atoms with Crippen LogP contribution < -0.4 is 4.72 Å². The van der Waals surface area contributed by atoms with Crippen molar-refractivity contribution in [2.45, 2.75) is 51.2 Å². The maximum atomic E-state index is 12.5. The normalized spacial score (nSPS) is 13.4. The van der Waals surface area contributed by atoms with Gasteiger partial charge in [-0.05, 0) is 51.0 Å². The molecule has 1 aromatic rings. The third-order valence-electron chi connectivity index (χ3n) is 3.20. The zero-order chi connectivity index (χ0) is 19.4. The quantitative estimate of drug-likeness (QED) is 0.769. The minimum absolute atomic E-state index is 0.0608. The highest BCUT2D eigenvalue weighted by Gasteiger charge is 2.32. The zero-order valence-electron chi connectivity index (χ0n) is 15.3. The number of nitrogens with one attached hydrogen (secondary N) is 1. The lowest BCUT2D eigenvalue weighted by Crippen LogP contribution is -2.47. The Balaban J connectivity index is 3.03. The number of carbonyl (C=O) groups excluding carboxylic acids is 2. The smallest absolute Gasteiger partial charge is 0.337 e. The van der Waals surface area contributed by atoms with Crippen LogP contribution in [0.3, 0.4) is 0 Å². The van der Waals surface area contributed by atoms with E-state index in [1.807, 2.05) is 0 Å². The van der Waals surface area contributed by atoms with Gasteiger partial charge in [-0.25, -0.2) is 13.2 Å². The molecule has 7 nitrogen and oxygen atoms in total. The highest BCUT2D eigenvalue weighted by molar-refractivity contribution is 7.89. The molecule has 8 heteroatoms. The molecule has 140 valence electrons. The predicted molar refractivity (Wildman–Crippen MR) is 92.6 cm³/mol. The third-order valence-corrected chi connectivity index (χ3v) is 4.65. The largest absolute Gasteiger partial charge is 0.465 e. The zero-order valence-corrected chi connectivity index (χ0v) is 16.1. The van der Waals surface area contributed by atoms with Gasteiger partial charge in [-0.1, -0.05) is 13.8 Å². The molecular formula is C17H25NO6S. The minimum atomic E-state index is -3.96. The molecule has 1 N–H and O–H groups in total. The standard InChI is InChI=1S/C17H25NO6S/c1-11(2)14(16(20)24-17(3,4)5)18-25(21,22)13-9-7-12(8-10-13)15(19)23-6/h7-11,14,18H,1-6H3. The number of benzene rings is 1. The second-order valence-corrected chi connectivity index (χ2v) is 8.61. The van der Waals surface area contributed by atoms with E-state index in [1.54, 1.807) is 34.6 Å². The van der Waals surface area contributed by atoms with E-state index in [0.717, 1.165) is 0 Å². The Labute approximate surface area is 148 Å². The topological polar surface area (TPSA) is 98.8 Å². The first-order valence-corrected chi connectivity index (χ1v) is 9.29. The first-order chi connectivity index (χ1) is 11.4. The summed E-state index contributed by atoms with van der Waals surface area (Å²) in [7, 11) is -2.72. The van der Waals surface area contributed by atoms with E-state index in [1.165, 1.54) is 31.4 Å². The van der Waals surface area contributed by atoms with E-state index in [-0.39, 0.29) is 16.4 Å². The molecule has 1 atom stereocenters. The summed E-state index contributed by atoms with van der Waals surface area (Å²) in [5.41, 5.74) is -0.494. The summed E-state index contributed by atoms with van der Waals surface area (Å²) in [4.78, 5) is 23.6. The molecule has 0 radical (unpaired) electrons. The summed E-state index contributed by atoms with van der Waals surface area (Å²) in [6.45, 7) is 8.57. The van der Waals surface area contributed by atoms with Gasteiger partial charge in [-0.15, -0.1) is 0 Å². The monoisotopic (exact) mass is 371 g/mol. The highest BCUT2D eigenvalue weighted by atomic mass is 32.2. The second-order valence-electron chi connectivity index (χ2n) is 6.89. The molecule has 0 amide bonds. The van der Waals surface area contributed by atoms with Crippen LogP contribution in [-0.2, 0) is 24.3 Å². The Bertz CT molecular complexity index is 717. The number of esters is 2. The molecule has 0 aromatic heterocycles. The Morgan fingerprint density at radius 3 is 2.00 bits per heavy atom. The third kappa shape index (κ3) is 6.13. The van der Waals surface area contributed by atoms with E-state index in [4.69, 9.17) is 4.74 Å². The maximum absolute atomic E-state index is 12.5. The SMILES string of the molecule is COC(=O)c1ccc(S(=O)(=O)NC(C(=O)OC(C)(C)C)C(C)C)cc1. The van der Waals surface area contributed by atoms with Gasteiger partial charge in [-0.2, -0.15) is 4.72 Å². The minimum Gasteiger partial charge on any atom is -0.465 e. The van der Waals surface area contributed by atoms with Crippen LogP contribution in [-0.4, -0.2) is 39.1 Å². The summed E-state index contributed by atoms with van der Waals surface area (Å²) in [5.74, 6) is -1.51. The van der Waals surface area contributed by atoms with Crippen LogP contribution in [0.25, 0.3) is 0 Å². The Kier molecular flexibility index (Phi) is 6.73. The van der Waals surface area contributed by atoms with Gasteiger partial charge in [0, 0.05) is 0 Å². The van der Waals surface area contributed by atoms with Gasteiger partial charge in [-0.3, -0.25) is 4.79 Å². The first kappa shape index (κ1) is 21.1. The molecular weight excluding hydrogens is 346 g/mol. The van der Waals surface area contributed by atoms with Crippen molar-refractivity contribution < 1.29 is 27.5 Å². The van der Waals surface area contributed by atoms with Crippen LogP contribution in [0.4, 0.5) is 0 Å². The number of carbonyl (C=O) groups is 2. The number of rotatable bonds is 6. The molecule has 0 saturated carbocycles. The van der Waals surface area contributed by atoms with Crippen LogP contribution in [0, 0.1) is 5.92 Å². The Hall–Kier alpha value is -1.93. The van der Waals surface area contributed by atoms with Crippen molar-refractivity contribution in [3.63, 3.8) is 0 Å². The van der Waals surface area contributed by atoms with Crippen molar-refractivity contribution in [3.05, 3.63) is 29.8 Å². The van der Waals surface area contributed by atoms with Gasteiger partial charge in [0.2, 0.25) is 10.0 Å². The van der Waals surface area contributed by atoms with Crippen molar-refractivity contribution in [1.82, 2.24) is 4.72 Å². The molecule has 0 heterocycles. The summed E-state index contributed by atoms with van der Waals surface area (Å²) in [6.07, 6.45) is 0. The fraction of sp³-hybridized carbons (Fsp3) is 0.529. The lowest BCUT2D eigenvalue weighted by atomic mass is 10.1. The highest BCUT2D eigenvalue weighted by Crippen LogP contribution is 2.16. The molecule has 0 saturated heterocycles. The van der Waals surface area contributed by atoms with Gasteiger partial charge >= 0.3 is 11.9 Å². The van der Waals surface area contributed by atoms with Crippen LogP contribution >= 0.6 is 0 Å². The van der Waals surface area contributed by atoms with Gasteiger partial charge < -0.3 is 9.47 Å². The van der Waals surface area contributed by atoms with Crippen LogP contribution in [0.5, 0.6) is 0 Å². The molecule has 0 fully saturated rings. The summed E-state index contributed by atoms with van der Waals surface area (Å²) >= 11 is 0. The van der Waals surface area contributed by atoms with E-state index < -0.39 is 33.6 Å². The van der Waals surface area contributed by atoms with E-state index in [2.05, 4.69) is 9.46 Å². The van der Waals surface area contributed by atoms with Crippen LogP contribution in [0.1, 0.15) is 45.0 Å². The summed E-state index contributed by atoms with van der Waals surface area (Å²) in [6, 6.07) is 4.23. The van der Waals surface area contributed by atoms with Crippen LogP contribution in [0.15, 0.2) is 29.2 Å². The molecule has 25 heavy (non-hydrogen) atoms. The van der Waals surface area contributed by atoms with E-state index in [9.17, 15) is 18.0 Å². The molecule has 0 aliphatic rings. The molecule has 0 spiro atoms. The fourth-order valence-electron chi connectivity index (χ4n) is 1.94. The lowest BCUT2D eigenvalue weighted by Gasteiger charge is -2.26. The van der Waals surface area contributed by atoms with Gasteiger partial charge in [0.15, 0.2) is 0 Å². The van der Waals surface area contributed by atoms with Gasteiger partial charge in [0.05, 0.1) is 17.6 Å². The molecule has 1 aromatic carbocycles. The molecule has 0 bridgehead atoms. The van der Waals surface area contributed by atoms with E-state index in [0.29, 0.717) is 0 Å². The summed E-state index contributed by atoms with van der Waals surface area (Å²) in [5, 5.41) is 0. The van der Waals surface area contributed by atoms with E-state index >= 15 is 0 Å². The predicted octanol–water partition coefficient (Wildman–Crippen LogP) is 2.12. The average Bonchev–Trinajstić information content (AvgIpc) is 2.50. The van der Waals surface area contributed by atoms with Gasteiger partial charge in [0.25, 0.3) is 0 Å². The Morgan fingerprint density at radius 1 is 1.08 bits per heavy atom. The van der Waals surface area contributed by atoms with Crippen molar-refractivity contribution in [2.75, 3.05) is 7.11 Å². The van der Waals surface area contributed by atoms with Crippen molar-refractivity contribution >= 4 is 22.0 Å². The number of ether oxygens (including phenoxy) is 2. The average molecular weight is 371 g/mol. The number of sulfonamides is 1. The molecule has 0 aliphatic carbocycles. The second kappa shape index (κ2) is 7.97. The van der Waals surface area contributed by atoms with Crippen LogP contribution in [0.2, 0.25) is 0 Å². The molecule has 1 unspecified atom stereocenters. The van der Waals surface area contributed by atoms with Crippen molar-refractivity contribution in [2.24, 2.45) is 5.92 Å². The number of methoxy groups -OCH3 is 1. The Morgan fingerprint density at radius 2 is 1.60 bits per heavy atom. The molecule has 1 rings (SSSR count). The maximum Gasteiger partial charge on any atom is 0.337 e. The lowest BCUT2D eigenvalue weighted by molar-refractivity contribution is -0.158. The number of hydrogen-bond acceptors (Lipinski definition) is 6. The number of hydrogen-bond donors (Lipinski definition) is 1.